The van der Waals surface area contributed by atoms with Crippen LogP contribution in [0.15, 0.2) is 30.7 Å². The molecule has 0 saturated heterocycles. The normalized spacial score (nSPS) is 11.0. The maximum absolute atomic E-state index is 4.35. The molecule has 0 amide bonds. The van der Waals surface area contributed by atoms with Crippen molar-refractivity contribution in [2.75, 3.05) is 6.54 Å². The van der Waals surface area contributed by atoms with E-state index in [-0.39, 0.29) is 0 Å². The van der Waals surface area contributed by atoms with Crippen LogP contribution in [0.3, 0.4) is 0 Å². The molecule has 2 heterocycles. The van der Waals surface area contributed by atoms with Crippen LogP contribution in [0.4, 0.5) is 0 Å². The summed E-state index contributed by atoms with van der Waals surface area (Å²) in [6, 6.07) is 4.29. The number of nitrogens with one attached hydrogen (secondary N) is 1. The monoisotopic (exact) mass is 246 g/mol. The Hall–Kier alpha value is -1.55. The van der Waals surface area contributed by atoms with Gasteiger partial charge in [0.05, 0.1) is 0 Å². The van der Waals surface area contributed by atoms with Crippen molar-refractivity contribution in [1.82, 2.24) is 19.4 Å². The Morgan fingerprint density at radius 3 is 2.94 bits per heavy atom. The first-order valence-electron chi connectivity index (χ1n) is 6.62. The molecule has 2 aromatic rings. The van der Waals surface area contributed by atoms with E-state index in [1.807, 2.05) is 19.4 Å². The van der Waals surface area contributed by atoms with Gasteiger partial charge in [0.15, 0.2) is 0 Å². The minimum Gasteiger partial charge on any atom is -0.350 e. The molecule has 0 atom stereocenters. The van der Waals surface area contributed by atoms with Crippen LogP contribution in [0.5, 0.6) is 0 Å². The molecule has 98 valence electrons. The number of nitrogens with zero attached hydrogens (tertiary/aromatic N) is 3. The summed E-state index contributed by atoms with van der Waals surface area (Å²) in [5.41, 5.74) is 1.35. The molecule has 2 rings (SSSR count). The third kappa shape index (κ3) is 3.23. The fourth-order valence-electron chi connectivity index (χ4n) is 2.08. The van der Waals surface area contributed by atoms with E-state index in [2.05, 4.69) is 44.7 Å². The lowest BCUT2D eigenvalue weighted by atomic mass is 10.3. The molecule has 0 saturated carbocycles. The molecule has 0 aliphatic heterocycles. The summed E-state index contributed by atoms with van der Waals surface area (Å²) < 4.78 is 4.38. The highest BCUT2D eigenvalue weighted by Crippen LogP contribution is 2.05. The summed E-state index contributed by atoms with van der Waals surface area (Å²) in [6.07, 6.45) is 8.14. The second-order valence-electron chi connectivity index (χ2n) is 4.57. The predicted octanol–water partition coefficient (Wildman–Crippen LogP) is 1.96. The maximum Gasteiger partial charge on any atom is 0.110 e. The Kier molecular flexibility index (Phi) is 4.59. The average Bonchev–Trinajstić information content (AvgIpc) is 2.96. The minimum atomic E-state index is 0.946. The van der Waals surface area contributed by atoms with Gasteiger partial charge in [0.2, 0.25) is 0 Å². The van der Waals surface area contributed by atoms with Crippen LogP contribution < -0.4 is 5.32 Å². The summed E-state index contributed by atoms with van der Waals surface area (Å²) in [7, 11) is 2.04. The Balaban J connectivity index is 1.89. The van der Waals surface area contributed by atoms with Gasteiger partial charge in [-0.1, -0.05) is 6.92 Å². The smallest absolute Gasteiger partial charge is 0.110 e. The number of aromatic nitrogens is 3. The quantitative estimate of drug-likeness (QED) is 0.758. The first kappa shape index (κ1) is 12.9. The highest BCUT2D eigenvalue weighted by molar-refractivity contribution is 5.07. The van der Waals surface area contributed by atoms with E-state index >= 15 is 0 Å². The van der Waals surface area contributed by atoms with Crippen molar-refractivity contribution in [3.05, 3.63) is 42.2 Å². The summed E-state index contributed by atoms with van der Waals surface area (Å²) in [5.74, 6) is 1.14. The van der Waals surface area contributed by atoms with Crippen molar-refractivity contribution in [3.8, 4) is 0 Å². The molecule has 0 aliphatic rings. The van der Waals surface area contributed by atoms with E-state index in [0.29, 0.717) is 0 Å². The molecule has 0 bridgehead atoms. The summed E-state index contributed by atoms with van der Waals surface area (Å²) in [4.78, 5) is 4.35. The second-order valence-corrected chi connectivity index (χ2v) is 4.57. The van der Waals surface area contributed by atoms with Crippen molar-refractivity contribution in [2.45, 2.75) is 32.9 Å². The van der Waals surface area contributed by atoms with E-state index in [0.717, 1.165) is 31.9 Å². The molecule has 0 spiro atoms. The third-order valence-electron chi connectivity index (χ3n) is 3.15. The van der Waals surface area contributed by atoms with Gasteiger partial charge in [0, 0.05) is 50.8 Å². The van der Waals surface area contributed by atoms with E-state index in [1.165, 1.54) is 12.1 Å². The molecule has 18 heavy (non-hydrogen) atoms. The van der Waals surface area contributed by atoms with Crippen molar-refractivity contribution in [1.29, 1.82) is 0 Å². The highest BCUT2D eigenvalue weighted by Gasteiger charge is 2.03. The van der Waals surface area contributed by atoms with Crippen LogP contribution >= 0.6 is 0 Å². The number of imidazole rings is 1. The van der Waals surface area contributed by atoms with Crippen molar-refractivity contribution in [2.24, 2.45) is 7.05 Å². The third-order valence-corrected chi connectivity index (χ3v) is 3.15. The van der Waals surface area contributed by atoms with Crippen molar-refractivity contribution >= 4 is 0 Å². The van der Waals surface area contributed by atoms with E-state index in [1.54, 1.807) is 0 Å². The zero-order valence-corrected chi connectivity index (χ0v) is 11.3. The molecule has 2 aromatic heterocycles. The van der Waals surface area contributed by atoms with Gasteiger partial charge in [-0.3, -0.25) is 0 Å². The number of hydrogen-bond acceptors (Lipinski definition) is 2. The Labute approximate surface area is 109 Å². The Morgan fingerprint density at radius 2 is 2.22 bits per heavy atom. The van der Waals surface area contributed by atoms with Crippen molar-refractivity contribution in [3.63, 3.8) is 0 Å². The molecular weight excluding hydrogens is 224 g/mol. The van der Waals surface area contributed by atoms with Gasteiger partial charge in [0.1, 0.15) is 5.82 Å². The lowest BCUT2D eigenvalue weighted by Crippen LogP contribution is -2.17. The SMILES string of the molecule is CCCNCc1cccn1CCc1nccn1C. The summed E-state index contributed by atoms with van der Waals surface area (Å²) in [5, 5.41) is 3.44. The molecular formula is C14H22N4. The Morgan fingerprint density at radius 1 is 1.33 bits per heavy atom. The summed E-state index contributed by atoms with van der Waals surface area (Å²) in [6.45, 7) is 5.19. The topological polar surface area (TPSA) is 34.8 Å². The van der Waals surface area contributed by atoms with Crippen LogP contribution in [0.2, 0.25) is 0 Å². The molecule has 0 unspecified atom stereocenters. The highest BCUT2D eigenvalue weighted by atomic mass is 15.1. The van der Waals surface area contributed by atoms with E-state index in [4.69, 9.17) is 0 Å². The van der Waals surface area contributed by atoms with Gasteiger partial charge in [0.25, 0.3) is 0 Å². The molecule has 0 radical (unpaired) electrons. The van der Waals surface area contributed by atoms with Gasteiger partial charge in [-0.05, 0) is 25.1 Å². The van der Waals surface area contributed by atoms with Crippen molar-refractivity contribution < 1.29 is 0 Å². The lowest BCUT2D eigenvalue weighted by Gasteiger charge is -2.10. The van der Waals surface area contributed by atoms with Gasteiger partial charge in [-0.15, -0.1) is 0 Å². The fraction of sp³-hybridized carbons (Fsp3) is 0.500. The predicted molar refractivity (Wildman–Crippen MR) is 73.3 cm³/mol. The molecule has 0 aromatic carbocycles. The number of aryl methyl sites for hydroxylation is 3. The lowest BCUT2D eigenvalue weighted by molar-refractivity contribution is 0.591. The average molecular weight is 246 g/mol. The maximum atomic E-state index is 4.35. The minimum absolute atomic E-state index is 0.946. The van der Waals surface area contributed by atoms with E-state index < -0.39 is 0 Å². The second kappa shape index (κ2) is 6.40. The van der Waals surface area contributed by atoms with Gasteiger partial charge in [-0.2, -0.15) is 0 Å². The standard InChI is InChI=1S/C14H22N4/c1-3-7-15-12-13-5-4-9-18(13)10-6-14-16-8-11-17(14)2/h4-5,8-9,11,15H,3,6-7,10,12H2,1-2H3. The van der Waals surface area contributed by atoms with Crippen LogP contribution in [0.25, 0.3) is 0 Å². The molecule has 0 aliphatic carbocycles. The van der Waals surface area contributed by atoms with Gasteiger partial charge in [-0.25, -0.2) is 4.98 Å². The van der Waals surface area contributed by atoms with E-state index in [9.17, 15) is 0 Å². The zero-order chi connectivity index (χ0) is 12.8. The van der Waals surface area contributed by atoms with Crippen LogP contribution in [0.1, 0.15) is 24.9 Å². The number of rotatable bonds is 7. The van der Waals surface area contributed by atoms with Gasteiger partial charge >= 0.3 is 0 Å². The summed E-state index contributed by atoms with van der Waals surface area (Å²) >= 11 is 0. The first-order valence-corrected chi connectivity index (χ1v) is 6.62. The molecule has 4 heteroatoms. The largest absolute Gasteiger partial charge is 0.350 e. The fourth-order valence-corrected chi connectivity index (χ4v) is 2.08. The molecule has 1 N–H and O–H groups in total. The van der Waals surface area contributed by atoms with Crippen LogP contribution in [0, 0.1) is 0 Å². The van der Waals surface area contributed by atoms with Crippen LogP contribution in [-0.2, 0) is 26.6 Å². The molecule has 0 fully saturated rings. The van der Waals surface area contributed by atoms with Crippen LogP contribution in [-0.4, -0.2) is 20.7 Å². The molecule has 4 nitrogen and oxygen atoms in total. The zero-order valence-electron chi connectivity index (χ0n) is 11.3. The Bertz CT molecular complexity index is 470. The van der Waals surface area contributed by atoms with Gasteiger partial charge < -0.3 is 14.5 Å². The first-order chi connectivity index (χ1) is 8.81. The number of hydrogen-bond donors (Lipinski definition) is 1.